The molecule has 3 atom stereocenters. The average molecular weight is 698 g/mol. The van der Waals surface area contributed by atoms with Crippen LogP contribution in [0.1, 0.15) is 82.0 Å². The summed E-state index contributed by atoms with van der Waals surface area (Å²) in [5.41, 5.74) is 13.7. The molecule has 10 rings (SSSR count). The molecule has 2 heterocycles. The number of para-hydroxylation sites is 2. The Kier molecular flexibility index (Phi) is 7.99. The molecule has 2 N–H and O–H groups in total. The predicted molar refractivity (Wildman–Crippen MR) is 215 cm³/mol. The van der Waals surface area contributed by atoms with Crippen LogP contribution in [-0.4, -0.2) is 0 Å². The fraction of sp³-hybridized carbons (Fsp3) is 0.140. The Bertz CT molecular complexity index is 2490. The van der Waals surface area contributed by atoms with Crippen molar-refractivity contribution in [2.45, 2.75) is 42.9 Å². The van der Waals surface area contributed by atoms with E-state index < -0.39 is 5.41 Å². The van der Waals surface area contributed by atoms with E-state index in [4.69, 9.17) is 4.74 Å². The molecule has 0 aromatic heterocycles. The maximum absolute atomic E-state index is 9.26. The minimum Gasteiger partial charge on any atom is -0.457 e. The van der Waals surface area contributed by atoms with Crippen molar-refractivity contribution in [2.75, 3.05) is 0 Å². The molecule has 1 spiro atoms. The molecule has 3 unspecified atom stereocenters. The Balaban J connectivity index is 1.07. The van der Waals surface area contributed by atoms with Crippen LogP contribution >= 0.6 is 0 Å². The molecule has 0 amide bonds. The number of nitrogens with zero attached hydrogens (tertiary/aromatic N) is 1. The van der Waals surface area contributed by atoms with E-state index in [2.05, 4.69) is 162 Å². The maximum atomic E-state index is 9.26. The Morgan fingerprint density at radius 3 is 1.67 bits per heavy atom. The van der Waals surface area contributed by atoms with Gasteiger partial charge in [-0.3, -0.25) is 10.6 Å². The number of ether oxygens (including phenoxy) is 1. The van der Waals surface area contributed by atoms with Crippen LogP contribution < -0.4 is 15.4 Å². The van der Waals surface area contributed by atoms with Crippen molar-refractivity contribution in [1.29, 1.82) is 5.26 Å². The third kappa shape index (κ3) is 5.28. The van der Waals surface area contributed by atoms with Crippen molar-refractivity contribution in [3.8, 4) is 39.8 Å². The fourth-order valence-electron chi connectivity index (χ4n) is 9.25. The molecule has 260 valence electrons. The highest BCUT2D eigenvalue weighted by Crippen LogP contribution is 2.62. The standard InChI is InChI=1S/C50H39N3O/c51-32-33-21-23-34(24-22-33)35-25-27-37(28-26-35)46-18-10-17-45(36-11-2-1-3-12-36)52-49(53-46)38-29-30-42-40(31-38)39-13-4-5-14-41(39)50(42)43-15-6-8-19-47(43)54-48-20-9-7-16-44(48)50/h1-9,11-16,19-31,45-46,49,52-53H,10,17-18H2. The molecular weight excluding hydrogens is 659 g/mol. The van der Waals surface area contributed by atoms with Gasteiger partial charge in [0.2, 0.25) is 0 Å². The molecule has 4 heteroatoms. The molecule has 1 fully saturated rings. The first-order chi connectivity index (χ1) is 26.7. The number of benzene rings is 7. The largest absolute Gasteiger partial charge is 0.457 e. The number of fused-ring (bicyclic) bond motifs is 9. The SMILES string of the molecule is N#Cc1ccc(-c2ccc(C3CCCC(c4ccccc4)NC(c4ccc5c(c4)-c4ccccc4C54c5ccccc5Oc5ccccc54)N3)cc2)cc1. The van der Waals surface area contributed by atoms with E-state index in [9.17, 15) is 5.26 Å². The lowest BCUT2D eigenvalue weighted by molar-refractivity contribution is 0.287. The highest BCUT2D eigenvalue weighted by atomic mass is 16.5. The van der Waals surface area contributed by atoms with Gasteiger partial charge in [0.25, 0.3) is 0 Å². The quantitative estimate of drug-likeness (QED) is 0.192. The predicted octanol–water partition coefficient (Wildman–Crippen LogP) is 11.5. The van der Waals surface area contributed by atoms with Crippen molar-refractivity contribution in [3.63, 3.8) is 0 Å². The second-order valence-electron chi connectivity index (χ2n) is 14.7. The minimum atomic E-state index is -0.483. The maximum Gasteiger partial charge on any atom is 0.132 e. The van der Waals surface area contributed by atoms with Crippen LogP contribution in [0.4, 0.5) is 0 Å². The lowest BCUT2D eigenvalue weighted by atomic mass is 9.66. The molecule has 54 heavy (non-hydrogen) atoms. The first kappa shape index (κ1) is 32.4. The molecule has 1 saturated heterocycles. The van der Waals surface area contributed by atoms with Crippen LogP contribution in [0.25, 0.3) is 22.3 Å². The summed E-state index contributed by atoms with van der Waals surface area (Å²) in [7, 11) is 0. The van der Waals surface area contributed by atoms with E-state index >= 15 is 0 Å². The van der Waals surface area contributed by atoms with Gasteiger partial charge < -0.3 is 4.74 Å². The van der Waals surface area contributed by atoms with E-state index in [-0.39, 0.29) is 18.2 Å². The number of hydrogen-bond donors (Lipinski definition) is 2. The van der Waals surface area contributed by atoms with Gasteiger partial charge in [-0.2, -0.15) is 5.26 Å². The summed E-state index contributed by atoms with van der Waals surface area (Å²) in [6.07, 6.45) is 3.08. The number of nitriles is 1. The fourth-order valence-corrected chi connectivity index (χ4v) is 9.25. The van der Waals surface area contributed by atoms with Crippen LogP contribution in [0.5, 0.6) is 11.5 Å². The Morgan fingerprint density at radius 2 is 1.02 bits per heavy atom. The summed E-state index contributed by atoms with van der Waals surface area (Å²) in [5.74, 6) is 1.81. The Hall–Kier alpha value is -6.25. The van der Waals surface area contributed by atoms with Crippen molar-refractivity contribution >= 4 is 0 Å². The van der Waals surface area contributed by atoms with E-state index in [0.29, 0.717) is 5.56 Å². The van der Waals surface area contributed by atoms with Crippen molar-refractivity contribution in [1.82, 2.24) is 10.6 Å². The second-order valence-corrected chi connectivity index (χ2v) is 14.7. The third-order valence-electron chi connectivity index (χ3n) is 11.8. The molecule has 0 saturated carbocycles. The summed E-state index contributed by atoms with van der Waals surface area (Å²) >= 11 is 0. The van der Waals surface area contributed by atoms with Gasteiger partial charge in [-0.15, -0.1) is 0 Å². The number of rotatable bonds is 4. The van der Waals surface area contributed by atoms with Gasteiger partial charge in [0, 0.05) is 23.2 Å². The molecule has 2 aliphatic heterocycles. The van der Waals surface area contributed by atoms with Crippen molar-refractivity contribution in [2.24, 2.45) is 0 Å². The van der Waals surface area contributed by atoms with Gasteiger partial charge in [-0.05, 0) is 99.7 Å². The van der Waals surface area contributed by atoms with Gasteiger partial charge in [-0.1, -0.05) is 140 Å². The van der Waals surface area contributed by atoms with E-state index in [0.717, 1.165) is 41.9 Å². The molecule has 3 aliphatic rings. The Morgan fingerprint density at radius 1 is 0.500 bits per heavy atom. The summed E-state index contributed by atoms with van der Waals surface area (Å²) in [6, 6.07) is 63.4. The molecule has 0 radical (unpaired) electrons. The Labute approximate surface area is 316 Å². The van der Waals surface area contributed by atoms with E-state index in [1.54, 1.807) is 0 Å². The summed E-state index contributed by atoms with van der Waals surface area (Å²) in [5, 5.41) is 17.5. The molecule has 4 nitrogen and oxygen atoms in total. The zero-order valence-electron chi connectivity index (χ0n) is 29.9. The van der Waals surface area contributed by atoms with Gasteiger partial charge in [0.05, 0.1) is 23.2 Å². The lowest BCUT2D eigenvalue weighted by Crippen LogP contribution is -2.40. The molecule has 7 aromatic carbocycles. The van der Waals surface area contributed by atoms with E-state index in [1.165, 1.54) is 50.1 Å². The number of hydrogen-bond acceptors (Lipinski definition) is 4. The minimum absolute atomic E-state index is 0.0954. The monoisotopic (exact) mass is 697 g/mol. The molecule has 0 bridgehead atoms. The highest BCUT2D eigenvalue weighted by Gasteiger charge is 2.51. The smallest absolute Gasteiger partial charge is 0.132 e. The van der Waals surface area contributed by atoms with Gasteiger partial charge >= 0.3 is 0 Å². The number of nitrogens with one attached hydrogen (secondary N) is 2. The van der Waals surface area contributed by atoms with Crippen LogP contribution in [0.3, 0.4) is 0 Å². The first-order valence-electron chi connectivity index (χ1n) is 19.0. The summed E-state index contributed by atoms with van der Waals surface area (Å²) in [4.78, 5) is 0. The van der Waals surface area contributed by atoms with Gasteiger partial charge in [-0.25, -0.2) is 0 Å². The molecular formula is C50H39N3O. The normalized spacial score (nSPS) is 19.2. The van der Waals surface area contributed by atoms with Crippen LogP contribution in [0, 0.1) is 11.3 Å². The van der Waals surface area contributed by atoms with Crippen LogP contribution in [0.2, 0.25) is 0 Å². The zero-order valence-corrected chi connectivity index (χ0v) is 29.9. The first-order valence-corrected chi connectivity index (χ1v) is 19.0. The molecule has 7 aromatic rings. The van der Waals surface area contributed by atoms with Crippen molar-refractivity contribution < 1.29 is 4.74 Å². The zero-order chi connectivity index (χ0) is 36.1. The van der Waals surface area contributed by atoms with Crippen LogP contribution in [-0.2, 0) is 5.41 Å². The average Bonchev–Trinajstić information content (AvgIpc) is 3.51. The second kappa shape index (κ2) is 13.3. The van der Waals surface area contributed by atoms with Crippen LogP contribution in [0.15, 0.2) is 170 Å². The third-order valence-corrected chi connectivity index (χ3v) is 11.8. The summed E-state index contributed by atoms with van der Waals surface area (Å²) < 4.78 is 6.56. The van der Waals surface area contributed by atoms with Gasteiger partial charge in [0.1, 0.15) is 11.5 Å². The van der Waals surface area contributed by atoms with Crippen molar-refractivity contribution in [3.05, 3.63) is 214 Å². The highest BCUT2D eigenvalue weighted by molar-refractivity contribution is 5.88. The lowest BCUT2D eigenvalue weighted by Gasteiger charge is -2.39. The molecule has 1 aliphatic carbocycles. The summed E-state index contributed by atoms with van der Waals surface area (Å²) in [6.45, 7) is 0. The van der Waals surface area contributed by atoms with Gasteiger partial charge in [0.15, 0.2) is 0 Å². The topological polar surface area (TPSA) is 57.1 Å². The van der Waals surface area contributed by atoms with E-state index in [1.807, 2.05) is 24.3 Å².